The highest BCUT2D eigenvalue weighted by molar-refractivity contribution is 14.1. The van der Waals surface area contributed by atoms with Gasteiger partial charge in [-0.25, -0.2) is 0 Å². The lowest BCUT2D eigenvalue weighted by molar-refractivity contribution is -0.116. The van der Waals surface area contributed by atoms with E-state index in [0.29, 0.717) is 24.6 Å². The zero-order valence-electron chi connectivity index (χ0n) is 13.1. The Morgan fingerprint density at radius 1 is 1.12 bits per heavy atom. The summed E-state index contributed by atoms with van der Waals surface area (Å²) in [5.41, 5.74) is 2.84. The van der Waals surface area contributed by atoms with Gasteiger partial charge in [-0.3, -0.25) is 4.79 Å². The smallest absolute Gasteiger partial charge is 0.227 e. The SMILES string of the molecule is Cc1ccc(NC(=O)CCc2nc(-c3ccc(I)cc3)no2)cc1. The van der Waals surface area contributed by atoms with Gasteiger partial charge in [0.1, 0.15) is 0 Å². The van der Waals surface area contributed by atoms with Gasteiger partial charge in [0.2, 0.25) is 17.6 Å². The van der Waals surface area contributed by atoms with E-state index in [1.807, 2.05) is 55.5 Å². The number of aromatic nitrogens is 2. The second-order valence-corrected chi connectivity index (χ2v) is 6.68. The molecule has 1 N–H and O–H groups in total. The predicted molar refractivity (Wildman–Crippen MR) is 101 cm³/mol. The molecule has 1 aromatic heterocycles. The number of benzene rings is 2. The number of rotatable bonds is 5. The van der Waals surface area contributed by atoms with Gasteiger partial charge < -0.3 is 9.84 Å². The number of nitrogens with one attached hydrogen (secondary N) is 1. The summed E-state index contributed by atoms with van der Waals surface area (Å²) in [6.45, 7) is 2.01. The normalized spacial score (nSPS) is 10.6. The summed E-state index contributed by atoms with van der Waals surface area (Å²) in [6, 6.07) is 15.5. The maximum Gasteiger partial charge on any atom is 0.227 e. The minimum absolute atomic E-state index is 0.0760. The summed E-state index contributed by atoms with van der Waals surface area (Å²) >= 11 is 2.24. The first-order valence-corrected chi connectivity index (χ1v) is 8.63. The summed E-state index contributed by atoms with van der Waals surface area (Å²) in [5.74, 6) is 0.927. The molecule has 3 aromatic rings. The van der Waals surface area contributed by atoms with Gasteiger partial charge in [0.25, 0.3) is 0 Å². The van der Waals surface area contributed by atoms with E-state index in [0.717, 1.165) is 20.4 Å². The second kappa shape index (κ2) is 7.57. The lowest BCUT2D eigenvalue weighted by Gasteiger charge is -2.04. The van der Waals surface area contributed by atoms with Crippen LogP contribution >= 0.6 is 22.6 Å². The average Bonchev–Trinajstić information content (AvgIpc) is 3.05. The van der Waals surface area contributed by atoms with Crippen molar-refractivity contribution in [1.29, 1.82) is 0 Å². The third kappa shape index (κ3) is 4.41. The van der Waals surface area contributed by atoms with E-state index in [4.69, 9.17) is 4.52 Å². The first kappa shape index (κ1) is 16.6. The highest BCUT2D eigenvalue weighted by Gasteiger charge is 2.11. The fourth-order valence-corrected chi connectivity index (χ4v) is 2.51. The molecule has 1 heterocycles. The number of carbonyl (C=O) groups excluding carboxylic acids is 1. The van der Waals surface area contributed by atoms with Gasteiger partial charge in [-0.2, -0.15) is 4.98 Å². The molecule has 5 nitrogen and oxygen atoms in total. The number of hydrogen-bond acceptors (Lipinski definition) is 4. The van der Waals surface area contributed by atoms with E-state index in [2.05, 4.69) is 38.0 Å². The minimum atomic E-state index is -0.0760. The Labute approximate surface area is 153 Å². The lowest BCUT2D eigenvalue weighted by atomic mass is 10.2. The van der Waals surface area contributed by atoms with E-state index in [9.17, 15) is 4.79 Å². The van der Waals surface area contributed by atoms with Crippen molar-refractivity contribution in [3.63, 3.8) is 0 Å². The molecule has 24 heavy (non-hydrogen) atoms. The molecule has 0 saturated heterocycles. The Hall–Kier alpha value is -2.22. The highest BCUT2D eigenvalue weighted by Crippen LogP contribution is 2.18. The quantitative estimate of drug-likeness (QED) is 0.612. The molecule has 0 aliphatic rings. The molecule has 0 aliphatic carbocycles. The molecule has 6 heteroatoms. The molecular weight excluding hydrogens is 417 g/mol. The van der Waals surface area contributed by atoms with E-state index in [1.54, 1.807) is 0 Å². The van der Waals surface area contributed by atoms with Crippen LogP contribution in [-0.2, 0) is 11.2 Å². The van der Waals surface area contributed by atoms with Crippen LogP contribution in [0.2, 0.25) is 0 Å². The van der Waals surface area contributed by atoms with Crippen LogP contribution in [0.25, 0.3) is 11.4 Å². The van der Waals surface area contributed by atoms with Crippen molar-refractivity contribution < 1.29 is 9.32 Å². The maximum atomic E-state index is 12.0. The lowest BCUT2D eigenvalue weighted by Crippen LogP contribution is -2.12. The van der Waals surface area contributed by atoms with Crippen LogP contribution in [0.15, 0.2) is 53.1 Å². The Morgan fingerprint density at radius 3 is 2.54 bits per heavy atom. The predicted octanol–water partition coefficient (Wildman–Crippen LogP) is 4.22. The Kier molecular flexibility index (Phi) is 5.24. The summed E-state index contributed by atoms with van der Waals surface area (Å²) in [7, 11) is 0. The first-order chi connectivity index (χ1) is 11.6. The third-order valence-electron chi connectivity index (χ3n) is 3.47. The fourth-order valence-electron chi connectivity index (χ4n) is 2.15. The number of amides is 1. The van der Waals surface area contributed by atoms with E-state index < -0.39 is 0 Å². The number of halogens is 1. The van der Waals surface area contributed by atoms with Crippen molar-refractivity contribution in [2.45, 2.75) is 19.8 Å². The zero-order valence-corrected chi connectivity index (χ0v) is 15.3. The molecule has 0 atom stereocenters. The molecule has 0 saturated carbocycles. The number of carbonyl (C=O) groups is 1. The summed E-state index contributed by atoms with van der Waals surface area (Å²) in [5, 5.41) is 6.82. The fraction of sp³-hybridized carbons (Fsp3) is 0.167. The van der Waals surface area contributed by atoms with Crippen LogP contribution in [0.3, 0.4) is 0 Å². The van der Waals surface area contributed by atoms with Gasteiger partial charge in [-0.1, -0.05) is 35.0 Å². The van der Waals surface area contributed by atoms with Crippen LogP contribution in [0.4, 0.5) is 5.69 Å². The zero-order chi connectivity index (χ0) is 16.9. The van der Waals surface area contributed by atoms with Crippen molar-refractivity contribution in [2.24, 2.45) is 0 Å². The molecule has 0 radical (unpaired) electrons. The maximum absolute atomic E-state index is 12.0. The number of nitrogens with zero attached hydrogens (tertiary/aromatic N) is 2. The van der Waals surface area contributed by atoms with Crippen LogP contribution in [0.5, 0.6) is 0 Å². The van der Waals surface area contributed by atoms with Crippen molar-refractivity contribution in [3.05, 3.63) is 63.6 Å². The standard InChI is InChI=1S/C18H16IN3O2/c1-12-2-8-15(9-3-12)20-16(23)10-11-17-21-18(22-24-17)13-4-6-14(19)7-5-13/h2-9H,10-11H2,1H3,(H,20,23). The van der Waals surface area contributed by atoms with Crippen LogP contribution in [0, 0.1) is 10.5 Å². The van der Waals surface area contributed by atoms with Crippen molar-refractivity contribution in [2.75, 3.05) is 5.32 Å². The molecule has 2 aromatic carbocycles. The van der Waals surface area contributed by atoms with Crippen molar-refractivity contribution in [3.8, 4) is 11.4 Å². The second-order valence-electron chi connectivity index (χ2n) is 5.43. The van der Waals surface area contributed by atoms with Gasteiger partial charge in [0.05, 0.1) is 0 Å². The highest BCUT2D eigenvalue weighted by atomic mass is 127. The van der Waals surface area contributed by atoms with Crippen LogP contribution < -0.4 is 5.32 Å². The molecule has 0 unspecified atom stereocenters. The third-order valence-corrected chi connectivity index (χ3v) is 4.19. The van der Waals surface area contributed by atoms with Gasteiger partial charge >= 0.3 is 0 Å². The van der Waals surface area contributed by atoms with E-state index >= 15 is 0 Å². The Morgan fingerprint density at radius 2 is 1.83 bits per heavy atom. The number of hydrogen-bond donors (Lipinski definition) is 1. The van der Waals surface area contributed by atoms with Crippen molar-refractivity contribution in [1.82, 2.24) is 10.1 Å². The molecule has 0 aliphatic heterocycles. The van der Waals surface area contributed by atoms with E-state index in [1.165, 1.54) is 0 Å². The monoisotopic (exact) mass is 433 g/mol. The summed E-state index contributed by atoms with van der Waals surface area (Å²) in [6.07, 6.45) is 0.706. The van der Waals surface area contributed by atoms with Gasteiger partial charge in [-0.15, -0.1) is 0 Å². The number of anilines is 1. The Bertz CT molecular complexity index is 826. The molecule has 1 amide bonds. The average molecular weight is 433 g/mol. The van der Waals surface area contributed by atoms with Crippen LogP contribution in [0.1, 0.15) is 17.9 Å². The van der Waals surface area contributed by atoms with E-state index in [-0.39, 0.29) is 5.91 Å². The molecule has 0 fully saturated rings. The van der Waals surface area contributed by atoms with Crippen LogP contribution in [-0.4, -0.2) is 16.0 Å². The summed E-state index contributed by atoms with van der Waals surface area (Å²) < 4.78 is 6.37. The Balaban J connectivity index is 1.56. The van der Waals surface area contributed by atoms with Crippen molar-refractivity contribution >= 4 is 34.2 Å². The van der Waals surface area contributed by atoms with Gasteiger partial charge in [-0.05, 0) is 53.8 Å². The largest absolute Gasteiger partial charge is 0.339 e. The molecular formula is C18H16IN3O2. The van der Waals surface area contributed by atoms with Gasteiger partial charge in [0.15, 0.2) is 0 Å². The minimum Gasteiger partial charge on any atom is -0.339 e. The first-order valence-electron chi connectivity index (χ1n) is 7.55. The summed E-state index contributed by atoms with van der Waals surface area (Å²) in [4.78, 5) is 16.3. The molecule has 0 bridgehead atoms. The number of aryl methyl sites for hydroxylation is 2. The molecule has 122 valence electrons. The van der Waals surface area contributed by atoms with Gasteiger partial charge in [0, 0.05) is 27.7 Å². The molecule has 3 rings (SSSR count). The molecule has 0 spiro atoms. The topological polar surface area (TPSA) is 68.0 Å².